The lowest BCUT2D eigenvalue weighted by Gasteiger charge is -2.02. The van der Waals surface area contributed by atoms with E-state index in [-0.39, 0.29) is 21.9 Å². The predicted octanol–water partition coefficient (Wildman–Crippen LogP) is 4.39. The highest BCUT2D eigenvalue weighted by Crippen LogP contribution is 2.35. The maximum Gasteiger partial charge on any atom is 0.352 e. The number of hydrogen-bond acceptors (Lipinski definition) is 3. The Morgan fingerprint density at radius 3 is 2.54 bits per heavy atom. The second-order valence-electron chi connectivity index (χ2n) is 4.90. The standard InChI is InChI=1S/C16H9Cl2NO5/c17-8-3-11(18)13-10(14(16(22)23)19-12(13)4-8)5-9(15(20)21)7-1-2-24-6-7/h1-6,19H,(H,20,21)(H,22,23)/b9-5+. The quantitative estimate of drug-likeness (QED) is 0.594. The number of carboxylic acid groups (broad SMARTS) is 2. The number of aromatic amines is 1. The molecular formula is C16H9Cl2NO5. The highest BCUT2D eigenvalue weighted by molar-refractivity contribution is 6.39. The molecule has 3 rings (SSSR count). The van der Waals surface area contributed by atoms with Crippen LogP contribution in [0.15, 0.2) is 35.1 Å². The van der Waals surface area contributed by atoms with Crippen LogP contribution in [-0.4, -0.2) is 27.1 Å². The van der Waals surface area contributed by atoms with Crippen molar-refractivity contribution in [2.45, 2.75) is 0 Å². The van der Waals surface area contributed by atoms with E-state index < -0.39 is 11.9 Å². The first-order valence-corrected chi connectivity index (χ1v) is 7.35. The minimum Gasteiger partial charge on any atom is -0.478 e. The summed E-state index contributed by atoms with van der Waals surface area (Å²) < 4.78 is 4.90. The first-order chi connectivity index (χ1) is 11.4. The highest BCUT2D eigenvalue weighted by Gasteiger charge is 2.21. The Hall–Kier alpha value is -2.70. The highest BCUT2D eigenvalue weighted by atomic mass is 35.5. The number of halogens is 2. The summed E-state index contributed by atoms with van der Waals surface area (Å²) in [7, 11) is 0. The van der Waals surface area contributed by atoms with Gasteiger partial charge in [0.25, 0.3) is 0 Å². The smallest absolute Gasteiger partial charge is 0.352 e. The van der Waals surface area contributed by atoms with Crippen molar-refractivity contribution in [3.05, 3.63) is 57.6 Å². The van der Waals surface area contributed by atoms with E-state index >= 15 is 0 Å². The molecule has 0 fully saturated rings. The molecule has 0 aliphatic rings. The molecule has 0 spiro atoms. The Bertz CT molecular complexity index is 986. The van der Waals surface area contributed by atoms with Gasteiger partial charge in [-0.15, -0.1) is 0 Å². The number of H-pyrrole nitrogens is 1. The molecule has 24 heavy (non-hydrogen) atoms. The second kappa shape index (κ2) is 6.07. The average Bonchev–Trinajstić information content (AvgIpc) is 3.11. The fourth-order valence-corrected chi connectivity index (χ4v) is 3.01. The molecule has 0 aliphatic heterocycles. The Labute approximate surface area is 144 Å². The van der Waals surface area contributed by atoms with E-state index in [0.29, 0.717) is 21.5 Å². The van der Waals surface area contributed by atoms with Gasteiger partial charge in [0, 0.05) is 27.1 Å². The van der Waals surface area contributed by atoms with Crippen LogP contribution in [0.5, 0.6) is 0 Å². The Morgan fingerprint density at radius 2 is 1.96 bits per heavy atom. The summed E-state index contributed by atoms with van der Waals surface area (Å²) >= 11 is 12.1. The number of benzene rings is 1. The molecule has 0 radical (unpaired) electrons. The zero-order chi connectivity index (χ0) is 17.4. The van der Waals surface area contributed by atoms with E-state index in [1.165, 1.54) is 36.8 Å². The zero-order valence-electron chi connectivity index (χ0n) is 11.8. The monoisotopic (exact) mass is 365 g/mol. The second-order valence-corrected chi connectivity index (χ2v) is 5.75. The van der Waals surface area contributed by atoms with Gasteiger partial charge in [-0.25, -0.2) is 9.59 Å². The summed E-state index contributed by atoms with van der Waals surface area (Å²) in [5.41, 5.74) is 0.540. The number of aliphatic carboxylic acids is 1. The van der Waals surface area contributed by atoms with Crippen molar-refractivity contribution >= 4 is 57.7 Å². The molecule has 0 amide bonds. The molecule has 122 valence electrons. The van der Waals surface area contributed by atoms with Crippen LogP contribution in [0.3, 0.4) is 0 Å². The lowest BCUT2D eigenvalue weighted by atomic mass is 10.0. The summed E-state index contributed by atoms with van der Waals surface area (Å²) in [6, 6.07) is 4.44. The molecule has 6 nitrogen and oxygen atoms in total. The lowest BCUT2D eigenvalue weighted by molar-refractivity contribution is -0.130. The van der Waals surface area contributed by atoms with Gasteiger partial charge < -0.3 is 19.6 Å². The first kappa shape index (κ1) is 16.2. The molecule has 1 aromatic carbocycles. The molecule has 0 unspecified atom stereocenters. The normalized spacial score (nSPS) is 11.8. The molecule has 0 saturated carbocycles. The van der Waals surface area contributed by atoms with Gasteiger partial charge in [-0.3, -0.25) is 0 Å². The van der Waals surface area contributed by atoms with Crippen LogP contribution in [0.4, 0.5) is 0 Å². The van der Waals surface area contributed by atoms with Gasteiger partial charge in [-0.05, 0) is 24.3 Å². The van der Waals surface area contributed by atoms with Gasteiger partial charge in [0.15, 0.2) is 0 Å². The molecule has 2 aromatic heterocycles. The number of fused-ring (bicyclic) bond motifs is 1. The number of carboxylic acids is 2. The van der Waals surface area contributed by atoms with Crippen LogP contribution in [0.1, 0.15) is 21.6 Å². The van der Waals surface area contributed by atoms with Crippen LogP contribution in [0.2, 0.25) is 10.0 Å². The topological polar surface area (TPSA) is 104 Å². The van der Waals surface area contributed by atoms with Crippen molar-refractivity contribution in [3.63, 3.8) is 0 Å². The van der Waals surface area contributed by atoms with Crippen molar-refractivity contribution < 1.29 is 24.2 Å². The number of rotatable bonds is 4. The molecular weight excluding hydrogens is 357 g/mol. The van der Waals surface area contributed by atoms with E-state index in [2.05, 4.69) is 4.98 Å². The van der Waals surface area contributed by atoms with Crippen LogP contribution in [-0.2, 0) is 4.79 Å². The van der Waals surface area contributed by atoms with Gasteiger partial charge in [0.1, 0.15) is 5.69 Å². The lowest BCUT2D eigenvalue weighted by Crippen LogP contribution is -2.02. The number of aromatic carboxylic acids is 1. The number of hydrogen-bond donors (Lipinski definition) is 3. The number of nitrogens with one attached hydrogen (secondary N) is 1. The van der Waals surface area contributed by atoms with E-state index in [1.807, 2.05) is 0 Å². The fraction of sp³-hybridized carbons (Fsp3) is 0. The molecule has 0 bridgehead atoms. The maximum absolute atomic E-state index is 11.6. The summed E-state index contributed by atoms with van der Waals surface area (Å²) in [5, 5.41) is 19.8. The molecule has 0 aliphatic carbocycles. The Balaban J connectivity index is 2.35. The van der Waals surface area contributed by atoms with E-state index in [9.17, 15) is 19.8 Å². The third kappa shape index (κ3) is 2.77. The van der Waals surface area contributed by atoms with E-state index in [0.717, 1.165) is 0 Å². The number of furan rings is 1. The molecule has 3 aromatic rings. The van der Waals surface area contributed by atoms with Crippen molar-refractivity contribution in [2.24, 2.45) is 0 Å². The predicted molar refractivity (Wildman–Crippen MR) is 89.5 cm³/mol. The summed E-state index contributed by atoms with van der Waals surface area (Å²) in [6.07, 6.45) is 3.83. The number of aromatic nitrogens is 1. The van der Waals surface area contributed by atoms with Crippen molar-refractivity contribution in [3.8, 4) is 0 Å². The SMILES string of the molecule is O=C(O)/C(=C/c1c(C(=O)O)[nH]c2cc(Cl)cc(Cl)c12)c1ccoc1. The van der Waals surface area contributed by atoms with Gasteiger partial charge in [-0.1, -0.05) is 23.2 Å². The maximum atomic E-state index is 11.6. The van der Waals surface area contributed by atoms with Gasteiger partial charge in [-0.2, -0.15) is 0 Å². The largest absolute Gasteiger partial charge is 0.478 e. The third-order valence-electron chi connectivity index (χ3n) is 3.42. The van der Waals surface area contributed by atoms with E-state index in [4.69, 9.17) is 27.6 Å². The van der Waals surface area contributed by atoms with Crippen molar-refractivity contribution in [1.29, 1.82) is 0 Å². The molecule has 2 heterocycles. The summed E-state index contributed by atoms with van der Waals surface area (Å²) in [6.45, 7) is 0. The fourth-order valence-electron chi connectivity index (χ4n) is 2.42. The van der Waals surface area contributed by atoms with Crippen molar-refractivity contribution in [1.82, 2.24) is 4.98 Å². The number of carbonyl (C=O) groups is 2. The Kier molecular flexibility index (Phi) is 4.09. The molecule has 3 N–H and O–H groups in total. The van der Waals surface area contributed by atoms with Crippen LogP contribution < -0.4 is 0 Å². The van der Waals surface area contributed by atoms with Crippen molar-refractivity contribution in [2.75, 3.05) is 0 Å². The molecule has 0 atom stereocenters. The first-order valence-electron chi connectivity index (χ1n) is 6.60. The average molecular weight is 366 g/mol. The zero-order valence-corrected chi connectivity index (χ0v) is 13.4. The van der Waals surface area contributed by atoms with Gasteiger partial charge >= 0.3 is 11.9 Å². The van der Waals surface area contributed by atoms with E-state index in [1.54, 1.807) is 0 Å². The van der Waals surface area contributed by atoms with Crippen LogP contribution in [0, 0.1) is 0 Å². The third-order valence-corrected chi connectivity index (χ3v) is 3.93. The summed E-state index contributed by atoms with van der Waals surface area (Å²) in [4.78, 5) is 25.8. The summed E-state index contributed by atoms with van der Waals surface area (Å²) in [5.74, 6) is -2.48. The van der Waals surface area contributed by atoms with Gasteiger partial charge in [0.05, 0.1) is 23.1 Å². The van der Waals surface area contributed by atoms with Crippen LogP contribution >= 0.6 is 23.2 Å². The minimum atomic E-state index is -1.25. The minimum absolute atomic E-state index is 0.127. The van der Waals surface area contributed by atoms with Crippen LogP contribution in [0.25, 0.3) is 22.6 Å². The Morgan fingerprint density at radius 1 is 1.21 bits per heavy atom. The molecule has 0 saturated heterocycles. The van der Waals surface area contributed by atoms with Gasteiger partial charge in [0.2, 0.25) is 0 Å². The molecule has 8 heteroatoms.